The van der Waals surface area contributed by atoms with Gasteiger partial charge in [-0.05, 0) is 44.5 Å². The number of hydrazone groups is 1. The molecular formula is C17H22N4O3S. The van der Waals surface area contributed by atoms with E-state index < -0.39 is 6.09 Å². The molecule has 0 bridgehead atoms. The van der Waals surface area contributed by atoms with Crippen molar-refractivity contribution in [2.75, 3.05) is 13.2 Å². The van der Waals surface area contributed by atoms with Gasteiger partial charge in [0, 0.05) is 17.1 Å². The van der Waals surface area contributed by atoms with E-state index in [1.807, 2.05) is 41.3 Å². The highest BCUT2D eigenvalue weighted by atomic mass is 32.1. The van der Waals surface area contributed by atoms with E-state index in [0.717, 1.165) is 16.9 Å². The molecule has 1 amide bonds. The van der Waals surface area contributed by atoms with Crippen molar-refractivity contribution in [2.24, 2.45) is 5.10 Å². The molecule has 1 heterocycles. The molecule has 0 aliphatic carbocycles. The molecule has 2 N–H and O–H groups in total. The molecule has 7 nitrogen and oxygen atoms in total. The van der Waals surface area contributed by atoms with Gasteiger partial charge in [0.05, 0.1) is 25.5 Å². The average Bonchev–Trinajstić information content (AvgIpc) is 2.99. The van der Waals surface area contributed by atoms with Gasteiger partial charge in [-0.2, -0.15) is 5.10 Å². The molecule has 0 atom stereocenters. The molecule has 134 valence electrons. The van der Waals surface area contributed by atoms with Crippen molar-refractivity contribution in [1.82, 2.24) is 9.99 Å². The number of hydrogen-bond acceptors (Lipinski definition) is 6. The predicted molar refractivity (Wildman–Crippen MR) is 97.2 cm³/mol. The standard InChI is InChI=1S/C17H22N4O3S/c1-4-23-15-7-6-13(12(3)19-20-17(22)24-5-2)10-14(15)11-21-8-9-25-16(21)18/h6-10,18H,4-5,11H2,1-3H3,(H,20,22)/b18-16?,19-12-. The fraction of sp³-hybridized carbons (Fsp3) is 0.353. The van der Waals surface area contributed by atoms with Crippen LogP contribution in [0, 0.1) is 5.41 Å². The highest BCUT2D eigenvalue weighted by Gasteiger charge is 2.09. The molecule has 0 saturated heterocycles. The number of carbonyl (C=O) groups is 1. The summed E-state index contributed by atoms with van der Waals surface area (Å²) in [5.74, 6) is 0.774. The number of nitrogens with zero attached hydrogens (tertiary/aromatic N) is 2. The average molecular weight is 362 g/mol. The third-order valence-corrected chi connectivity index (χ3v) is 4.11. The quantitative estimate of drug-likeness (QED) is 0.586. The Bertz CT molecular complexity index is 810. The molecule has 1 aromatic heterocycles. The molecule has 25 heavy (non-hydrogen) atoms. The van der Waals surface area contributed by atoms with Crippen LogP contribution in [0.5, 0.6) is 5.75 Å². The Morgan fingerprint density at radius 3 is 2.80 bits per heavy atom. The summed E-state index contributed by atoms with van der Waals surface area (Å²) in [6.45, 7) is 6.86. The summed E-state index contributed by atoms with van der Waals surface area (Å²) in [5.41, 5.74) is 4.81. The predicted octanol–water partition coefficient (Wildman–Crippen LogP) is 2.95. The highest BCUT2D eigenvalue weighted by molar-refractivity contribution is 7.06. The van der Waals surface area contributed by atoms with Gasteiger partial charge in [-0.3, -0.25) is 5.41 Å². The van der Waals surface area contributed by atoms with E-state index in [0.29, 0.717) is 30.3 Å². The third kappa shape index (κ3) is 5.18. The first-order chi connectivity index (χ1) is 12.0. The Labute approximate surface area is 150 Å². The van der Waals surface area contributed by atoms with Gasteiger partial charge < -0.3 is 14.0 Å². The minimum atomic E-state index is -0.583. The van der Waals surface area contributed by atoms with Crippen LogP contribution in [-0.2, 0) is 11.3 Å². The normalized spacial score (nSPS) is 11.2. The van der Waals surface area contributed by atoms with E-state index in [-0.39, 0.29) is 0 Å². The van der Waals surface area contributed by atoms with Crippen LogP contribution in [0.3, 0.4) is 0 Å². The number of ether oxygens (including phenoxy) is 2. The van der Waals surface area contributed by atoms with Gasteiger partial charge in [0.25, 0.3) is 0 Å². The molecule has 0 aliphatic rings. The van der Waals surface area contributed by atoms with Gasteiger partial charge in [-0.1, -0.05) is 0 Å². The molecule has 0 fully saturated rings. The van der Waals surface area contributed by atoms with Gasteiger partial charge in [0.15, 0.2) is 4.80 Å². The third-order valence-electron chi connectivity index (χ3n) is 3.39. The Morgan fingerprint density at radius 2 is 2.16 bits per heavy atom. The number of nitrogens with one attached hydrogen (secondary N) is 2. The Morgan fingerprint density at radius 1 is 1.36 bits per heavy atom. The molecule has 1 aromatic carbocycles. The lowest BCUT2D eigenvalue weighted by atomic mass is 10.1. The molecule has 0 aliphatic heterocycles. The Kier molecular flexibility index (Phi) is 6.76. The van der Waals surface area contributed by atoms with Crippen LogP contribution in [0.1, 0.15) is 31.9 Å². The van der Waals surface area contributed by atoms with E-state index in [1.54, 1.807) is 13.8 Å². The number of aromatic nitrogens is 1. The second kappa shape index (κ2) is 9.03. The lowest BCUT2D eigenvalue weighted by molar-refractivity contribution is 0.152. The van der Waals surface area contributed by atoms with Crippen LogP contribution in [0.25, 0.3) is 0 Å². The van der Waals surface area contributed by atoms with E-state index in [9.17, 15) is 4.79 Å². The summed E-state index contributed by atoms with van der Waals surface area (Å²) in [6.07, 6.45) is 1.29. The monoisotopic (exact) mass is 362 g/mol. The van der Waals surface area contributed by atoms with E-state index in [2.05, 4.69) is 10.5 Å². The van der Waals surface area contributed by atoms with Crippen molar-refractivity contribution < 1.29 is 14.3 Å². The number of rotatable bonds is 7. The van der Waals surface area contributed by atoms with E-state index >= 15 is 0 Å². The van der Waals surface area contributed by atoms with Crippen LogP contribution in [0.4, 0.5) is 4.79 Å². The van der Waals surface area contributed by atoms with Gasteiger partial charge in [-0.25, -0.2) is 10.2 Å². The van der Waals surface area contributed by atoms with Gasteiger partial charge in [0.1, 0.15) is 5.75 Å². The highest BCUT2D eigenvalue weighted by Crippen LogP contribution is 2.22. The summed E-state index contributed by atoms with van der Waals surface area (Å²) >= 11 is 1.37. The molecule has 2 aromatic rings. The smallest absolute Gasteiger partial charge is 0.427 e. The van der Waals surface area contributed by atoms with Crippen LogP contribution in [0.2, 0.25) is 0 Å². The van der Waals surface area contributed by atoms with Crippen LogP contribution < -0.4 is 15.0 Å². The summed E-state index contributed by atoms with van der Waals surface area (Å²) in [6, 6.07) is 5.73. The number of benzene rings is 1. The summed E-state index contributed by atoms with van der Waals surface area (Å²) < 4.78 is 12.3. The number of hydrogen-bond donors (Lipinski definition) is 2. The molecule has 0 unspecified atom stereocenters. The number of carbonyl (C=O) groups excluding carboxylic acids is 1. The Hall–Kier alpha value is -2.61. The van der Waals surface area contributed by atoms with Gasteiger partial charge in [0.2, 0.25) is 0 Å². The first kappa shape index (κ1) is 18.7. The lowest BCUT2D eigenvalue weighted by Gasteiger charge is -2.13. The summed E-state index contributed by atoms with van der Waals surface area (Å²) in [7, 11) is 0. The first-order valence-electron chi connectivity index (χ1n) is 7.96. The zero-order valence-corrected chi connectivity index (χ0v) is 15.4. The van der Waals surface area contributed by atoms with Crippen LogP contribution >= 0.6 is 11.3 Å². The Balaban J connectivity index is 2.26. The molecule has 8 heteroatoms. The number of thiazole rings is 1. The largest absolute Gasteiger partial charge is 0.494 e. The second-order valence-electron chi connectivity index (χ2n) is 5.12. The second-order valence-corrected chi connectivity index (χ2v) is 6.02. The van der Waals surface area contributed by atoms with Crippen molar-refractivity contribution in [3.05, 3.63) is 45.7 Å². The van der Waals surface area contributed by atoms with Crippen molar-refractivity contribution in [3.8, 4) is 5.75 Å². The van der Waals surface area contributed by atoms with Crippen molar-refractivity contribution in [1.29, 1.82) is 5.41 Å². The zero-order valence-electron chi connectivity index (χ0n) is 14.5. The molecule has 2 rings (SSSR count). The maximum atomic E-state index is 11.4. The minimum absolute atomic E-state index is 0.293. The van der Waals surface area contributed by atoms with Crippen LogP contribution in [-0.4, -0.2) is 29.6 Å². The van der Waals surface area contributed by atoms with Gasteiger partial charge >= 0.3 is 6.09 Å². The number of amides is 1. The summed E-state index contributed by atoms with van der Waals surface area (Å²) in [5, 5.41) is 13.9. The summed E-state index contributed by atoms with van der Waals surface area (Å²) in [4.78, 5) is 11.8. The van der Waals surface area contributed by atoms with Crippen molar-refractivity contribution in [3.63, 3.8) is 0 Å². The maximum Gasteiger partial charge on any atom is 0.427 e. The molecule has 0 spiro atoms. The SMILES string of the molecule is CCOC(=O)N/N=C(/C)c1ccc(OCC)c(Cn2ccsc2=N)c1. The molecular weight excluding hydrogens is 340 g/mol. The molecule has 0 radical (unpaired) electrons. The topological polar surface area (TPSA) is 88.7 Å². The molecule has 0 saturated carbocycles. The van der Waals surface area contributed by atoms with E-state index in [1.165, 1.54) is 11.3 Å². The van der Waals surface area contributed by atoms with Crippen LogP contribution in [0.15, 0.2) is 34.9 Å². The minimum Gasteiger partial charge on any atom is -0.494 e. The fourth-order valence-corrected chi connectivity index (χ4v) is 2.79. The first-order valence-corrected chi connectivity index (χ1v) is 8.84. The fourth-order valence-electron chi connectivity index (χ4n) is 2.19. The maximum absolute atomic E-state index is 11.4. The van der Waals surface area contributed by atoms with Crippen molar-refractivity contribution >= 4 is 23.1 Å². The van der Waals surface area contributed by atoms with E-state index in [4.69, 9.17) is 14.9 Å². The lowest BCUT2D eigenvalue weighted by Crippen LogP contribution is -2.20. The van der Waals surface area contributed by atoms with Gasteiger partial charge in [-0.15, -0.1) is 11.3 Å². The zero-order chi connectivity index (χ0) is 18.2. The van der Waals surface area contributed by atoms with Crippen molar-refractivity contribution in [2.45, 2.75) is 27.3 Å².